The van der Waals surface area contributed by atoms with Crippen LogP contribution in [0.4, 0.5) is 4.39 Å². The van der Waals surface area contributed by atoms with Gasteiger partial charge >= 0.3 is 5.97 Å². The number of hydrogen-bond acceptors (Lipinski definition) is 7. The van der Waals surface area contributed by atoms with Gasteiger partial charge in [-0.1, -0.05) is 6.07 Å². The van der Waals surface area contributed by atoms with Crippen molar-refractivity contribution in [2.45, 2.75) is 32.9 Å². The van der Waals surface area contributed by atoms with Gasteiger partial charge in [0.1, 0.15) is 23.5 Å². The minimum atomic E-state index is -0.569. The Bertz CT molecular complexity index is 1210. The van der Waals surface area contributed by atoms with Gasteiger partial charge in [0.05, 0.1) is 38.8 Å². The number of halogens is 1. The first kappa shape index (κ1) is 23.8. The first-order valence-corrected chi connectivity index (χ1v) is 11.1. The van der Waals surface area contributed by atoms with Gasteiger partial charge in [-0.15, -0.1) is 0 Å². The number of benzene rings is 1. The van der Waals surface area contributed by atoms with Crippen molar-refractivity contribution in [1.82, 2.24) is 14.8 Å². The van der Waals surface area contributed by atoms with Gasteiger partial charge in [-0.05, 0) is 50.1 Å². The second-order valence-corrected chi connectivity index (χ2v) is 8.11. The zero-order valence-electron chi connectivity index (χ0n) is 19.9. The molecule has 2 atom stereocenters. The summed E-state index contributed by atoms with van der Waals surface area (Å²) in [7, 11) is 3.12. The standard InChI is InChI=1S/C25H28FN3O5/c1-6-34-25(30)18-11-27-29(20-12-33-13-21(20)31-4)23(18)17-8-7-16(10-19(17)26)22-14(2)9-15(3)28-24(22)32-5/h7-11,20-21H,6,12-13H2,1-5H3/t20-,21-/m1/s1. The molecule has 8 nitrogen and oxygen atoms in total. The fourth-order valence-corrected chi connectivity index (χ4v) is 4.38. The van der Waals surface area contributed by atoms with Gasteiger partial charge in [0, 0.05) is 23.9 Å². The lowest BCUT2D eigenvalue weighted by atomic mass is 9.98. The number of carbonyl (C=O) groups is 1. The van der Waals surface area contributed by atoms with E-state index in [1.807, 2.05) is 19.9 Å². The van der Waals surface area contributed by atoms with E-state index < -0.39 is 11.8 Å². The summed E-state index contributed by atoms with van der Waals surface area (Å²) in [5, 5.41) is 4.41. The summed E-state index contributed by atoms with van der Waals surface area (Å²) in [6, 6.07) is 6.44. The molecule has 4 rings (SSSR count). The van der Waals surface area contributed by atoms with Crippen LogP contribution >= 0.6 is 0 Å². The molecule has 0 spiro atoms. The maximum absolute atomic E-state index is 15.7. The van der Waals surface area contributed by atoms with Crippen LogP contribution in [-0.2, 0) is 14.2 Å². The van der Waals surface area contributed by atoms with Crippen LogP contribution in [0.5, 0.6) is 5.88 Å². The molecule has 9 heteroatoms. The molecule has 3 aromatic rings. The minimum absolute atomic E-state index is 0.181. The van der Waals surface area contributed by atoms with Crippen molar-refractivity contribution in [2.75, 3.05) is 34.0 Å². The van der Waals surface area contributed by atoms with E-state index in [-0.39, 0.29) is 29.9 Å². The Morgan fingerprint density at radius 3 is 2.71 bits per heavy atom. The Kier molecular flexibility index (Phi) is 6.95. The lowest BCUT2D eigenvalue weighted by Gasteiger charge is -2.20. The molecular formula is C25H28FN3O5. The second-order valence-electron chi connectivity index (χ2n) is 8.11. The van der Waals surface area contributed by atoms with Crippen molar-refractivity contribution in [3.05, 3.63) is 53.1 Å². The summed E-state index contributed by atoms with van der Waals surface area (Å²) >= 11 is 0. The molecule has 3 heterocycles. The monoisotopic (exact) mass is 469 g/mol. The Balaban J connectivity index is 1.85. The van der Waals surface area contributed by atoms with E-state index in [0.29, 0.717) is 35.9 Å². The molecule has 34 heavy (non-hydrogen) atoms. The summed E-state index contributed by atoms with van der Waals surface area (Å²) in [5.41, 5.74) is 3.78. The van der Waals surface area contributed by atoms with Crippen molar-refractivity contribution < 1.29 is 28.1 Å². The number of esters is 1. The molecular weight excluding hydrogens is 441 g/mol. The predicted molar refractivity (Wildman–Crippen MR) is 123 cm³/mol. The van der Waals surface area contributed by atoms with Crippen LogP contribution in [0.1, 0.15) is 34.6 Å². The lowest BCUT2D eigenvalue weighted by molar-refractivity contribution is 0.0526. The van der Waals surface area contributed by atoms with Crippen LogP contribution in [0.2, 0.25) is 0 Å². The topological polar surface area (TPSA) is 84.7 Å². The van der Waals surface area contributed by atoms with Gasteiger partial charge in [-0.3, -0.25) is 4.68 Å². The number of carbonyl (C=O) groups excluding carboxylic acids is 1. The van der Waals surface area contributed by atoms with Crippen molar-refractivity contribution in [3.8, 4) is 28.3 Å². The molecule has 1 aromatic carbocycles. The molecule has 0 bridgehead atoms. The first-order valence-electron chi connectivity index (χ1n) is 11.1. The average Bonchev–Trinajstić information content (AvgIpc) is 3.45. The first-order chi connectivity index (χ1) is 16.4. The van der Waals surface area contributed by atoms with E-state index in [4.69, 9.17) is 18.9 Å². The van der Waals surface area contributed by atoms with Crippen molar-refractivity contribution >= 4 is 5.97 Å². The molecule has 1 aliphatic rings. The van der Waals surface area contributed by atoms with E-state index >= 15 is 4.39 Å². The van der Waals surface area contributed by atoms with E-state index in [1.165, 1.54) is 19.4 Å². The van der Waals surface area contributed by atoms with Crippen LogP contribution < -0.4 is 4.74 Å². The summed E-state index contributed by atoms with van der Waals surface area (Å²) in [5.74, 6) is -0.659. The molecule has 0 amide bonds. The quantitative estimate of drug-likeness (QED) is 0.481. The number of pyridine rings is 1. The molecule has 0 unspecified atom stereocenters. The largest absolute Gasteiger partial charge is 0.481 e. The third-order valence-corrected chi connectivity index (χ3v) is 5.93. The molecule has 1 fully saturated rings. The number of ether oxygens (including phenoxy) is 4. The molecule has 0 radical (unpaired) electrons. The van der Waals surface area contributed by atoms with Gasteiger partial charge in [-0.25, -0.2) is 14.2 Å². The van der Waals surface area contributed by atoms with Gasteiger partial charge < -0.3 is 18.9 Å². The van der Waals surface area contributed by atoms with Crippen molar-refractivity contribution in [3.63, 3.8) is 0 Å². The molecule has 1 saturated heterocycles. The van der Waals surface area contributed by atoms with E-state index in [0.717, 1.165) is 11.3 Å². The Morgan fingerprint density at radius 1 is 1.24 bits per heavy atom. The number of aryl methyl sites for hydroxylation is 2. The number of hydrogen-bond donors (Lipinski definition) is 0. The number of rotatable bonds is 7. The SMILES string of the molecule is CCOC(=O)c1cnn([C@@H]2COC[C@H]2OC)c1-c1ccc(-c2c(C)cc(C)nc2OC)cc1F. The van der Waals surface area contributed by atoms with Gasteiger partial charge in [0.2, 0.25) is 5.88 Å². The number of nitrogens with zero attached hydrogens (tertiary/aromatic N) is 3. The number of methoxy groups -OCH3 is 2. The number of aromatic nitrogens is 3. The third kappa shape index (κ3) is 4.28. The lowest BCUT2D eigenvalue weighted by Crippen LogP contribution is -2.26. The summed E-state index contributed by atoms with van der Waals surface area (Å²) in [6.07, 6.45) is 1.13. The highest BCUT2D eigenvalue weighted by atomic mass is 19.1. The zero-order valence-corrected chi connectivity index (χ0v) is 19.9. The van der Waals surface area contributed by atoms with Crippen molar-refractivity contribution in [1.29, 1.82) is 0 Å². The fraction of sp³-hybridized carbons (Fsp3) is 0.400. The van der Waals surface area contributed by atoms with E-state index in [1.54, 1.807) is 30.8 Å². The highest BCUT2D eigenvalue weighted by molar-refractivity contribution is 5.96. The highest BCUT2D eigenvalue weighted by Crippen LogP contribution is 2.37. The Morgan fingerprint density at radius 2 is 2.03 bits per heavy atom. The van der Waals surface area contributed by atoms with Crippen LogP contribution in [0.25, 0.3) is 22.4 Å². The maximum Gasteiger partial charge on any atom is 0.341 e. The van der Waals surface area contributed by atoms with E-state index in [2.05, 4.69) is 10.1 Å². The second kappa shape index (κ2) is 9.90. The molecule has 0 saturated carbocycles. The molecule has 180 valence electrons. The summed E-state index contributed by atoms with van der Waals surface area (Å²) in [4.78, 5) is 17.1. The fourth-order valence-electron chi connectivity index (χ4n) is 4.38. The maximum atomic E-state index is 15.7. The van der Waals surface area contributed by atoms with Crippen molar-refractivity contribution in [2.24, 2.45) is 0 Å². The molecule has 0 N–H and O–H groups in total. The van der Waals surface area contributed by atoms with Gasteiger partial charge in [0.25, 0.3) is 0 Å². The zero-order chi connectivity index (χ0) is 24.4. The summed E-state index contributed by atoms with van der Waals surface area (Å²) < 4.78 is 39.1. The summed E-state index contributed by atoms with van der Waals surface area (Å²) in [6.45, 7) is 6.43. The van der Waals surface area contributed by atoms with Crippen LogP contribution in [-0.4, -0.2) is 60.9 Å². The van der Waals surface area contributed by atoms with Crippen LogP contribution in [0.15, 0.2) is 30.5 Å². The van der Waals surface area contributed by atoms with Gasteiger partial charge in [-0.2, -0.15) is 5.10 Å². The molecule has 1 aliphatic heterocycles. The van der Waals surface area contributed by atoms with Gasteiger partial charge in [0.15, 0.2) is 0 Å². The molecule has 2 aromatic heterocycles. The Labute approximate surface area is 197 Å². The average molecular weight is 470 g/mol. The van der Waals surface area contributed by atoms with E-state index in [9.17, 15) is 4.79 Å². The van der Waals surface area contributed by atoms with Crippen LogP contribution in [0.3, 0.4) is 0 Å². The smallest absolute Gasteiger partial charge is 0.341 e. The Hall–Kier alpha value is -3.30. The normalized spacial score (nSPS) is 17.7. The molecule has 0 aliphatic carbocycles. The minimum Gasteiger partial charge on any atom is -0.481 e. The van der Waals surface area contributed by atoms with Crippen LogP contribution in [0, 0.1) is 19.7 Å². The predicted octanol–water partition coefficient (Wildman–Crippen LogP) is 4.14. The third-order valence-electron chi connectivity index (χ3n) is 5.93. The highest BCUT2D eigenvalue weighted by Gasteiger charge is 2.35.